The van der Waals surface area contributed by atoms with Gasteiger partial charge < -0.3 is 5.32 Å². The van der Waals surface area contributed by atoms with E-state index in [0.29, 0.717) is 12.5 Å². The van der Waals surface area contributed by atoms with Crippen LogP contribution in [-0.4, -0.2) is 6.54 Å². The van der Waals surface area contributed by atoms with E-state index in [0.717, 1.165) is 16.6 Å². The van der Waals surface area contributed by atoms with E-state index in [2.05, 4.69) is 45.5 Å². The molecule has 0 spiro atoms. The number of halogens is 2. The summed E-state index contributed by atoms with van der Waals surface area (Å²) < 4.78 is 14.2. The molecule has 1 atom stereocenters. The Kier molecular flexibility index (Phi) is 4.71. The maximum atomic E-state index is 13.3. The predicted molar refractivity (Wildman–Crippen MR) is 87.9 cm³/mol. The second kappa shape index (κ2) is 6.71. The highest BCUT2D eigenvalue weighted by Gasteiger charge is 2.19. The SMILES string of the molecule is Fc1ccc(Br)c(CNCC2CCCc3ccccc32)c1. The molecule has 0 fully saturated rings. The normalized spacial score (nSPS) is 17.5. The third kappa shape index (κ3) is 3.53. The fourth-order valence-corrected chi connectivity index (χ4v) is 3.51. The lowest BCUT2D eigenvalue weighted by molar-refractivity contribution is 0.506. The van der Waals surface area contributed by atoms with Crippen molar-refractivity contribution in [2.75, 3.05) is 6.54 Å². The molecule has 0 aliphatic heterocycles. The summed E-state index contributed by atoms with van der Waals surface area (Å²) in [5, 5.41) is 3.48. The molecule has 0 saturated carbocycles. The van der Waals surface area contributed by atoms with Gasteiger partial charge in [0, 0.05) is 17.6 Å². The Morgan fingerprint density at radius 2 is 2.05 bits per heavy atom. The van der Waals surface area contributed by atoms with Crippen LogP contribution < -0.4 is 5.32 Å². The standard InChI is InChI=1S/C18H19BrFN/c19-18-9-8-16(20)10-15(18)12-21-11-14-6-3-5-13-4-1-2-7-17(13)14/h1-2,4,7-10,14,21H,3,5-6,11-12H2. The van der Waals surface area contributed by atoms with Crippen molar-refractivity contribution >= 4 is 15.9 Å². The summed E-state index contributed by atoms with van der Waals surface area (Å²) in [7, 11) is 0. The Balaban J connectivity index is 1.63. The van der Waals surface area contributed by atoms with Gasteiger partial charge in [0.2, 0.25) is 0 Å². The first-order valence-electron chi connectivity index (χ1n) is 7.46. The average molecular weight is 348 g/mol. The average Bonchev–Trinajstić information content (AvgIpc) is 2.51. The van der Waals surface area contributed by atoms with Gasteiger partial charge in [-0.05, 0) is 60.1 Å². The molecule has 1 N–H and O–H groups in total. The van der Waals surface area contributed by atoms with Crippen molar-refractivity contribution in [2.24, 2.45) is 0 Å². The van der Waals surface area contributed by atoms with E-state index in [1.54, 1.807) is 12.1 Å². The van der Waals surface area contributed by atoms with Crippen molar-refractivity contribution in [2.45, 2.75) is 31.7 Å². The number of rotatable bonds is 4. The van der Waals surface area contributed by atoms with Crippen molar-refractivity contribution in [1.29, 1.82) is 0 Å². The molecule has 0 heterocycles. The number of fused-ring (bicyclic) bond motifs is 1. The summed E-state index contributed by atoms with van der Waals surface area (Å²) in [5.41, 5.74) is 3.94. The van der Waals surface area contributed by atoms with Gasteiger partial charge in [0.15, 0.2) is 0 Å². The Morgan fingerprint density at radius 3 is 2.95 bits per heavy atom. The van der Waals surface area contributed by atoms with Crippen molar-refractivity contribution < 1.29 is 4.39 Å². The van der Waals surface area contributed by atoms with Crippen LogP contribution in [0.25, 0.3) is 0 Å². The lowest BCUT2D eigenvalue weighted by Gasteiger charge is -2.25. The molecule has 0 aromatic heterocycles. The molecule has 0 amide bonds. The van der Waals surface area contributed by atoms with Gasteiger partial charge in [0.1, 0.15) is 5.82 Å². The fraction of sp³-hybridized carbons (Fsp3) is 0.333. The zero-order chi connectivity index (χ0) is 14.7. The molecule has 0 saturated heterocycles. The Hall–Kier alpha value is -1.19. The molecule has 1 aliphatic rings. The second-order valence-electron chi connectivity index (χ2n) is 5.65. The van der Waals surface area contributed by atoms with Crippen LogP contribution in [0, 0.1) is 5.82 Å². The highest BCUT2D eigenvalue weighted by Crippen LogP contribution is 2.31. The molecule has 3 rings (SSSR count). The van der Waals surface area contributed by atoms with E-state index < -0.39 is 0 Å². The van der Waals surface area contributed by atoms with Crippen molar-refractivity contribution in [1.82, 2.24) is 5.32 Å². The molecule has 1 unspecified atom stereocenters. The summed E-state index contributed by atoms with van der Waals surface area (Å²) in [6.07, 6.45) is 3.68. The van der Waals surface area contributed by atoms with Gasteiger partial charge in [-0.25, -0.2) is 4.39 Å². The van der Waals surface area contributed by atoms with Gasteiger partial charge in [-0.1, -0.05) is 40.2 Å². The molecule has 0 radical (unpaired) electrons. The third-order valence-electron chi connectivity index (χ3n) is 4.21. The van der Waals surface area contributed by atoms with Gasteiger partial charge in [-0.15, -0.1) is 0 Å². The van der Waals surface area contributed by atoms with Crippen LogP contribution in [0.4, 0.5) is 4.39 Å². The minimum Gasteiger partial charge on any atom is -0.312 e. The zero-order valence-corrected chi connectivity index (χ0v) is 13.5. The Bertz CT molecular complexity index is 626. The lowest BCUT2D eigenvalue weighted by atomic mass is 9.83. The third-order valence-corrected chi connectivity index (χ3v) is 4.98. The van der Waals surface area contributed by atoms with Gasteiger partial charge in [-0.2, -0.15) is 0 Å². The fourth-order valence-electron chi connectivity index (χ4n) is 3.13. The first-order chi connectivity index (χ1) is 10.2. The molecular formula is C18H19BrFN. The Labute approximate surface area is 133 Å². The van der Waals surface area contributed by atoms with Crippen LogP contribution in [0.1, 0.15) is 35.4 Å². The number of nitrogens with one attached hydrogen (secondary N) is 1. The molecule has 1 nitrogen and oxygen atoms in total. The van der Waals surface area contributed by atoms with Crippen LogP contribution in [0.5, 0.6) is 0 Å². The van der Waals surface area contributed by atoms with Crippen LogP contribution in [0.2, 0.25) is 0 Å². The predicted octanol–water partition coefficient (Wildman–Crippen LogP) is 4.80. The van der Waals surface area contributed by atoms with Gasteiger partial charge in [-0.3, -0.25) is 0 Å². The quantitative estimate of drug-likeness (QED) is 0.837. The second-order valence-corrected chi connectivity index (χ2v) is 6.51. The van der Waals surface area contributed by atoms with Gasteiger partial charge in [0.25, 0.3) is 0 Å². The monoisotopic (exact) mass is 347 g/mol. The van der Waals surface area contributed by atoms with E-state index in [1.165, 1.54) is 36.5 Å². The molecule has 0 bridgehead atoms. The molecule has 1 aliphatic carbocycles. The van der Waals surface area contributed by atoms with Crippen LogP contribution >= 0.6 is 15.9 Å². The zero-order valence-electron chi connectivity index (χ0n) is 11.9. The number of hydrogen-bond donors (Lipinski definition) is 1. The van der Waals surface area contributed by atoms with Crippen molar-refractivity contribution in [3.8, 4) is 0 Å². The van der Waals surface area contributed by atoms with Crippen molar-refractivity contribution in [3.63, 3.8) is 0 Å². The van der Waals surface area contributed by atoms with E-state index in [9.17, 15) is 4.39 Å². The van der Waals surface area contributed by atoms with E-state index in [1.807, 2.05) is 0 Å². The van der Waals surface area contributed by atoms with Crippen molar-refractivity contribution in [3.05, 3.63) is 69.4 Å². The van der Waals surface area contributed by atoms with E-state index >= 15 is 0 Å². The summed E-state index contributed by atoms with van der Waals surface area (Å²) in [6.45, 7) is 1.64. The molecule has 2 aromatic carbocycles. The molecular weight excluding hydrogens is 329 g/mol. The van der Waals surface area contributed by atoms with Crippen LogP contribution in [-0.2, 0) is 13.0 Å². The first kappa shape index (κ1) is 14.7. The topological polar surface area (TPSA) is 12.0 Å². The summed E-state index contributed by atoms with van der Waals surface area (Å²) in [4.78, 5) is 0. The Morgan fingerprint density at radius 1 is 1.19 bits per heavy atom. The lowest BCUT2D eigenvalue weighted by Crippen LogP contribution is -2.24. The van der Waals surface area contributed by atoms with Gasteiger partial charge >= 0.3 is 0 Å². The van der Waals surface area contributed by atoms with E-state index in [4.69, 9.17) is 0 Å². The van der Waals surface area contributed by atoms with Crippen LogP contribution in [0.15, 0.2) is 46.9 Å². The first-order valence-corrected chi connectivity index (χ1v) is 8.26. The summed E-state index contributed by atoms with van der Waals surface area (Å²) in [5.74, 6) is 0.389. The van der Waals surface area contributed by atoms with E-state index in [-0.39, 0.29) is 5.82 Å². The maximum absolute atomic E-state index is 13.3. The van der Waals surface area contributed by atoms with Gasteiger partial charge in [0.05, 0.1) is 0 Å². The highest BCUT2D eigenvalue weighted by atomic mass is 79.9. The number of hydrogen-bond acceptors (Lipinski definition) is 1. The minimum atomic E-state index is -0.182. The smallest absolute Gasteiger partial charge is 0.123 e. The molecule has 110 valence electrons. The summed E-state index contributed by atoms with van der Waals surface area (Å²) >= 11 is 3.48. The highest BCUT2D eigenvalue weighted by molar-refractivity contribution is 9.10. The molecule has 21 heavy (non-hydrogen) atoms. The summed E-state index contributed by atoms with van der Waals surface area (Å²) in [6, 6.07) is 13.6. The number of aryl methyl sites for hydroxylation is 1. The minimum absolute atomic E-state index is 0.182. The number of benzene rings is 2. The van der Waals surface area contributed by atoms with Crippen LogP contribution in [0.3, 0.4) is 0 Å². The largest absolute Gasteiger partial charge is 0.312 e. The maximum Gasteiger partial charge on any atom is 0.123 e. The molecule has 2 aromatic rings. The molecule has 3 heteroatoms.